The second kappa shape index (κ2) is 9.38. The van der Waals surface area contributed by atoms with E-state index in [0.29, 0.717) is 5.56 Å². The van der Waals surface area contributed by atoms with Gasteiger partial charge in [0.25, 0.3) is 0 Å². The summed E-state index contributed by atoms with van der Waals surface area (Å²) in [6.07, 6.45) is 4.56. The number of rotatable bonds is 7. The van der Waals surface area contributed by atoms with Crippen LogP contribution in [0.1, 0.15) is 24.5 Å². The Kier molecular flexibility index (Phi) is 6.21. The molecule has 0 aliphatic carbocycles. The molecule has 0 saturated heterocycles. The van der Waals surface area contributed by atoms with Gasteiger partial charge >= 0.3 is 0 Å². The molecule has 2 heterocycles. The monoisotopic (exact) mass is 411 g/mol. The van der Waals surface area contributed by atoms with Crippen molar-refractivity contribution >= 4 is 11.8 Å². The second-order valence-electron chi connectivity index (χ2n) is 6.84. The third-order valence-corrected chi connectivity index (χ3v) is 5.82. The summed E-state index contributed by atoms with van der Waals surface area (Å²) in [7, 11) is 0. The van der Waals surface area contributed by atoms with Crippen molar-refractivity contribution in [1.82, 2.24) is 19.7 Å². The van der Waals surface area contributed by atoms with Crippen molar-refractivity contribution in [3.05, 3.63) is 84.2 Å². The molecule has 148 valence electrons. The van der Waals surface area contributed by atoms with E-state index in [2.05, 4.69) is 57.0 Å². The van der Waals surface area contributed by atoms with E-state index in [1.165, 1.54) is 5.56 Å². The van der Waals surface area contributed by atoms with Crippen LogP contribution >= 0.6 is 11.8 Å². The molecule has 0 spiro atoms. The highest BCUT2D eigenvalue weighted by Gasteiger charge is 2.14. The molecule has 30 heavy (non-hydrogen) atoms. The first-order valence-electron chi connectivity index (χ1n) is 9.85. The Morgan fingerprint density at radius 3 is 2.43 bits per heavy atom. The van der Waals surface area contributed by atoms with Gasteiger partial charge in [-0.15, -0.1) is 10.2 Å². The summed E-state index contributed by atoms with van der Waals surface area (Å²) in [5.74, 6) is 1.68. The lowest BCUT2D eigenvalue weighted by atomic mass is 10.00. The van der Waals surface area contributed by atoms with Gasteiger partial charge in [0.05, 0.1) is 11.6 Å². The molecule has 0 atom stereocenters. The molecule has 0 fully saturated rings. The van der Waals surface area contributed by atoms with Crippen LogP contribution in [0.4, 0.5) is 0 Å². The molecule has 0 radical (unpaired) electrons. The number of thioether (sulfide) groups is 1. The van der Waals surface area contributed by atoms with Gasteiger partial charge in [0.2, 0.25) is 0 Å². The van der Waals surface area contributed by atoms with Crippen LogP contribution in [0.2, 0.25) is 0 Å². The van der Waals surface area contributed by atoms with E-state index < -0.39 is 0 Å². The van der Waals surface area contributed by atoms with Crippen molar-refractivity contribution in [1.29, 1.82) is 5.26 Å². The quantitative estimate of drug-likeness (QED) is 0.371. The van der Waals surface area contributed by atoms with Gasteiger partial charge in [-0.25, -0.2) is 0 Å². The van der Waals surface area contributed by atoms with Crippen LogP contribution in [0.5, 0.6) is 0 Å². The fourth-order valence-electron chi connectivity index (χ4n) is 3.30. The molecule has 0 aliphatic rings. The zero-order valence-electron chi connectivity index (χ0n) is 16.7. The maximum atomic E-state index is 9.33. The predicted octanol–water partition coefficient (Wildman–Crippen LogP) is 5.58. The molecule has 5 nitrogen and oxygen atoms in total. The minimum absolute atomic E-state index is 0.691. The topological polar surface area (TPSA) is 67.4 Å². The van der Waals surface area contributed by atoms with Gasteiger partial charge in [-0.3, -0.25) is 4.98 Å². The zero-order valence-corrected chi connectivity index (χ0v) is 17.5. The van der Waals surface area contributed by atoms with Gasteiger partial charge in [0.1, 0.15) is 0 Å². The van der Waals surface area contributed by atoms with Crippen LogP contribution in [0.25, 0.3) is 22.5 Å². The van der Waals surface area contributed by atoms with Crippen LogP contribution in [0, 0.1) is 11.3 Å². The van der Waals surface area contributed by atoms with Gasteiger partial charge in [0.15, 0.2) is 11.0 Å². The summed E-state index contributed by atoms with van der Waals surface area (Å²) in [5.41, 5.74) is 4.93. The molecule has 0 bridgehead atoms. The standard InChI is InChI=1S/C24H21N5S/c1-2-15-29-23(20-11-13-26-14-12-20)27-28-24(29)30-17-18-7-9-19(10-8-18)22-6-4-3-5-21(22)16-25/h3-14H,2,15,17H2,1H3. The molecule has 2 aromatic carbocycles. The van der Waals surface area contributed by atoms with E-state index >= 15 is 0 Å². The van der Waals surface area contributed by atoms with Crippen LogP contribution < -0.4 is 0 Å². The summed E-state index contributed by atoms with van der Waals surface area (Å²) in [6.45, 7) is 3.03. The number of nitriles is 1. The van der Waals surface area contributed by atoms with E-state index in [4.69, 9.17) is 0 Å². The summed E-state index contributed by atoms with van der Waals surface area (Å²) >= 11 is 1.69. The smallest absolute Gasteiger partial charge is 0.191 e. The van der Waals surface area contributed by atoms with Crippen LogP contribution in [0.3, 0.4) is 0 Å². The van der Waals surface area contributed by atoms with Gasteiger partial charge < -0.3 is 4.57 Å². The SMILES string of the molecule is CCCn1c(SCc2ccc(-c3ccccc3C#N)cc2)nnc1-c1ccncc1. The van der Waals surface area contributed by atoms with Gasteiger partial charge in [-0.2, -0.15) is 5.26 Å². The van der Waals surface area contributed by atoms with Gasteiger partial charge in [-0.05, 0) is 41.3 Å². The van der Waals surface area contributed by atoms with Crippen LogP contribution in [-0.2, 0) is 12.3 Å². The number of hydrogen-bond acceptors (Lipinski definition) is 5. The minimum atomic E-state index is 0.691. The predicted molar refractivity (Wildman–Crippen MR) is 120 cm³/mol. The largest absolute Gasteiger partial charge is 0.302 e. The highest BCUT2D eigenvalue weighted by molar-refractivity contribution is 7.98. The molecule has 0 amide bonds. The third-order valence-electron chi connectivity index (χ3n) is 4.78. The molecule has 0 saturated carbocycles. The maximum absolute atomic E-state index is 9.33. The Labute approximate surface area is 180 Å². The van der Waals surface area contributed by atoms with Crippen molar-refractivity contribution in [2.45, 2.75) is 30.8 Å². The molecule has 0 unspecified atom stereocenters. The summed E-state index contributed by atoms with van der Waals surface area (Å²) in [6, 6.07) is 22.2. The first-order valence-corrected chi connectivity index (χ1v) is 10.8. The second-order valence-corrected chi connectivity index (χ2v) is 7.78. The molecule has 6 heteroatoms. The Morgan fingerprint density at radius 1 is 0.933 bits per heavy atom. The van der Waals surface area contributed by atoms with E-state index in [-0.39, 0.29) is 0 Å². The van der Waals surface area contributed by atoms with Gasteiger partial charge in [-0.1, -0.05) is 61.2 Å². The van der Waals surface area contributed by atoms with Crippen molar-refractivity contribution < 1.29 is 0 Å². The minimum Gasteiger partial charge on any atom is -0.302 e. The normalized spacial score (nSPS) is 10.7. The third kappa shape index (κ3) is 4.27. The maximum Gasteiger partial charge on any atom is 0.191 e. The van der Waals surface area contributed by atoms with E-state index in [0.717, 1.165) is 46.4 Å². The molecule has 2 aromatic heterocycles. The lowest BCUT2D eigenvalue weighted by Gasteiger charge is -2.09. The fourth-order valence-corrected chi connectivity index (χ4v) is 4.22. The Hall–Kier alpha value is -3.43. The van der Waals surface area contributed by atoms with Crippen molar-refractivity contribution in [3.63, 3.8) is 0 Å². The lowest BCUT2D eigenvalue weighted by Crippen LogP contribution is -2.02. The molecular weight excluding hydrogens is 390 g/mol. The molecule has 4 rings (SSSR count). The molecule has 0 aliphatic heterocycles. The Balaban J connectivity index is 1.51. The number of benzene rings is 2. The van der Waals surface area contributed by atoms with E-state index in [9.17, 15) is 5.26 Å². The van der Waals surface area contributed by atoms with Crippen molar-refractivity contribution in [3.8, 4) is 28.6 Å². The van der Waals surface area contributed by atoms with E-state index in [1.54, 1.807) is 24.2 Å². The van der Waals surface area contributed by atoms with Crippen LogP contribution in [0.15, 0.2) is 78.2 Å². The highest BCUT2D eigenvalue weighted by atomic mass is 32.2. The number of pyridine rings is 1. The fraction of sp³-hybridized carbons (Fsp3) is 0.167. The summed E-state index contributed by atoms with van der Waals surface area (Å²) in [5, 5.41) is 19.1. The van der Waals surface area contributed by atoms with Crippen LogP contribution in [-0.4, -0.2) is 19.7 Å². The number of hydrogen-bond donors (Lipinski definition) is 0. The van der Waals surface area contributed by atoms with E-state index in [1.807, 2.05) is 36.4 Å². The number of nitrogens with zero attached hydrogens (tertiary/aromatic N) is 5. The first kappa shape index (κ1) is 19.9. The van der Waals surface area contributed by atoms with Gasteiger partial charge in [0, 0.05) is 30.3 Å². The first-order chi connectivity index (χ1) is 14.8. The average Bonchev–Trinajstić information content (AvgIpc) is 3.21. The lowest BCUT2D eigenvalue weighted by molar-refractivity contribution is 0.626. The molecule has 0 N–H and O–H groups in total. The highest BCUT2D eigenvalue weighted by Crippen LogP contribution is 2.28. The number of aromatic nitrogens is 4. The Morgan fingerprint density at radius 2 is 1.70 bits per heavy atom. The molecule has 4 aromatic rings. The average molecular weight is 412 g/mol. The summed E-state index contributed by atoms with van der Waals surface area (Å²) < 4.78 is 2.18. The van der Waals surface area contributed by atoms with Crippen molar-refractivity contribution in [2.75, 3.05) is 0 Å². The zero-order chi connectivity index (χ0) is 20.8. The molecular formula is C24H21N5S. The van der Waals surface area contributed by atoms with Crippen molar-refractivity contribution in [2.24, 2.45) is 0 Å². The Bertz CT molecular complexity index is 1160. The summed E-state index contributed by atoms with van der Waals surface area (Å²) in [4.78, 5) is 4.09.